The van der Waals surface area contributed by atoms with Crippen LogP contribution < -0.4 is 0 Å². The molecule has 0 unspecified atom stereocenters. The smallest absolute Gasteiger partial charge is 0.255 e. The first kappa shape index (κ1) is 15.3. The molecule has 3 rings (SSSR count). The highest BCUT2D eigenvalue weighted by Crippen LogP contribution is 2.15. The van der Waals surface area contributed by atoms with Gasteiger partial charge in [0.2, 0.25) is 0 Å². The van der Waals surface area contributed by atoms with Crippen LogP contribution in [-0.4, -0.2) is 26.2 Å². The van der Waals surface area contributed by atoms with Gasteiger partial charge in [0.25, 0.3) is 5.91 Å². The number of imidazole rings is 1. The van der Waals surface area contributed by atoms with Gasteiger partial charge in [0, 0.05) is 25.0 Å². The summed E-state index contributed by atoms with van der Waals surface area (Å²) in [5.41, 5.74) is 3.62. The topological polar surface area (TPSA) is 37.6 Å². The lowest BCUT2D eigenvalue weighted by Gasteiger charge is -2.27. The van der Waals surface area contributed by atoms with E-state index in [1.54, 1.807) is 0 Å². The number of fused-ring (bicyclic) bond motifs is 1. The Bertz CT molecular complexity index is 821. The normalized spacial score (nSPS) is 11.1. The van der Waals surface area contributed by atoms with E-state index in [9.17, 15) is 4.79 Å². The van der Waals surface area contributed by atoms with Gasteiger partial charge in [-0.1, -0.05) is 30.3 Å². The van der Waals surface area contributed by atoms with Crippen LogP contribution in [0.3, 0.4) is 0 Å². The standard InChI is InChI=1S/C19H21N3O/c1-14(2)22(12-16-7-5-4-6-8-16)19(23)17-9-10-18-20-15(3)11-21(18)13-17/h4-11,13-14H,12H2,1-3H3. The molecule has 4 heteroatoms. The van der Waals surface area contributed by atoms with Crippen LogP contribution in [-0.2, 0) is 6.54 Å². The zero-order valence-corrected chi connectivity index (χ0v) is 13.7. The number of hydrogen-bond acceptors (Lipinski definition) is 2. The summed E-state index contributed by atoms with van der Waals surface area (Å²) in [5.74, 6) is 0.0390. The molecule has 23 heavy (non-hydrogen) atoms. The first-order chi connectivity index (χ1) is 11.0. The molecule has 0 bridgehead atoms. The summed E-state index contributed by atoms with van der Waals surface area (Å²) in [6, 6.07) is 13.9. The van der Waals surface area contributed by atoms with E-state index >= 15 is 0 Å². The summed E-state index contributed by atoms with van der Waals surface area (Å²) in [6.45, 7) is 6.64. The first-order valence-electron chi connectivity index (χ1n) is 7.85. The van der Waals surface area contributed by atoms with Gasteiger partial charge in [-0.05, 0) is 38.5 Å². The van der Waals surface area contributed by atoms with Crippen LogP contribution >= 0.6 is 0 Å². The van der Waals surface area contributed by atoms with Crippen LogP contribution in [0.15, 0.2) is 54.9 Å². The van der Waals surface area contributed by atoms with Crippen LogP contribution in [0.25, 0.3) is 5.65 Å². The highest BCUT2D eigenvalue weighted by molar-refractivity contribution is 5.94. The SMILES string of the molecule is Cc1cn2cc(C(=O)N(Cc3ccccc3)C(C)C)ccc2n1. The Labute approximate surface area is 136 Å². The number of aryl methyl sites for hydroxylation is 1. The second-order valence-electron chi connectivity index (χ2n) is 6.08. The maximum atomic E-state index is 12.9. The molecular formula is C19H21N3O. The van der Waals surface area contributed by atoms with Crippen LogP contribution in [0, 0.1) is 6.92 Å². The monoisotopic (exact) mass is 307 g/mol. The third kappa shape index (κ3) is 3.26. The molecule has 1 aromatic carbocycles. The molecule has 0 atom stereocenters. The molecule has 0 saturated carbocycles. The second kappa shape index (κ2) is 6.24. The summed E-state index contributed by atoms with van der Waals surface area (Å²) in [4.78, 5) is 19.2. The molecular weight excluding hydrogens is 286 g/mol. The fourth-order valence-electron chi connectivity index (χ4n) is 2.68. The summed E-state index contributed by atoms with van der Waals surface area (Å²) in [5, 5.41) is 0. The van der Waals surface area contributed by atoms with Gasteiger partial charge < -0.3 is 9.30 Å². The molecule has 118 valence electrons. The van der Waals surface area contributed by atoms with Gasteiger partial charge in [-0.3, -0.25) is 4.79 Å². The van der Waals surface area contributed by atoms with E-state index in [0.717, 1.165) is 16.9 Å². The Morgan fingerprint density at radius 1 is 1.13 bits per heavy atom. The minimum Gasteiger partial charge on any atom is -0.332 e. The van der Waals surface area contributed by atoms with Crippen molar-refractivity contribution in [3.8, 4) is 0 Å². The van der Waals surface area contributed by atoms with Crippen LogP contribution in [0.2, 0.25) is 0 Å². The number of amides is 1. The Kier molecular flexibility index (Phi) is 4.15. The van der Waals surface area contributed by atoms with Crippen LogP contribution in [0.1, 0.15) is 35.5 Å². The van der Waals surface area contributed by atoms with Crippen molar-refractivity contribution in [2.24, 2.45) is 0 Å². The lowest BCUT2D eigenvalue weighted by molar-refractivity contribution is 0.0690. The molecule has 0 aliphatic carbocycles. The Balaban J connectivity index is 1.90. The average molecular weight is 307 g/mol. The predicted molar refractivity (Wildman–Crippen MR) is 91.4 cm³/mol. The molecule has 2 aromatic heterocycles. The quantitative estimate of drug-likeness (QED) is 0.737. The number of carbonyl (C=O) groups excluding carboxylic acids is 1. The molecule has 0 fully saturated rings. The number of nitrogens with zero attached hydrogens (tertiary/aromatic N) is 3. The number of hydrogen-bond donors (Lipinski definition) is 0. The third-order valence-corrected chi connectivity index (χ3v) is 3.90. The van der Waals surface area contributed by atoms with E-state index in [0.29, 0.717) is 12.1 Å². The lowest BCUT2D eigenvalue weighted by atomic mass is 10.1. The zero-order valence-electron chi connectivity index (χ0n) is 13.7. The van der Waals surface area contributed by atoms with Gasteiger partial charge in [-0.25, -0.2) is 4.98 Å². The molecule has 0 N–H and O–H groups in total. The van der Waals surface area contributed by atoms with Crippen LogP contribution in [0.4, 0.5) is 0 Å². The van der Waals surface area contributed by atoms with Gasteiger partial charge in [0.15, 0.2) is 0 Å². The third-order valence-electron chi connectivity index (χ3n) is 3.90. The number of benzene rings is 1. The fraction of sp³-hybridized carbons (Fsp3) is 0.263. The van der Waals surface area contributed by atoms with Crippen molar-refractivity contribution in [3.63, 3.8) is 0 Å². The van der Waals surface area contributed by atoms with E-state index in [4.69, 9.17) is 0 Å². The molecule has 0 aliphatic heterocycles. The van der Waals surface area contributed by atoms with Crippen molar-refractivity contribution in [1.82, 2.24) is 14.3 Å². The van der Waals surface area contributed by atoms with Crippen molar-refractivity contribution in [2.45, 2.75) is 33.4 Å². The second-order valence-corrected chi connectivity index (χ2v) is 6.08. The largest absolute Gasteiger partial charge is 0.332 e. The number of aromatic nitrogens is 2. The molecule has 0 spiro atoms. The minimum atomic E-state index is 0.0390. The summed E-state index contributed by atoms with van der Waals surface area (Å²) < 4.78 is 1.91. The van der Waals surface area contributed by atoms with Gasteiger partial charge in [-0.15, -0.1) is 0 Å². The molecule has 0 saturated heterocycles. The van der Waals surface area contributed by atoms with Gasteiger partial charge in [0.1, 0.15) is 5.65 Å². The van der Waals surface area contributed by atoms with Gasteiger partial charge >= 0.3 is 0 Å². The van der Waals surface area contributed by atoms with E-state index < -0.39 is 0 Å². The van der Waals surface area contributed by atoms with Crippen molar-refractivity contribution in [2.75, 3.05) is 0 Å². The number of rotatable bonds is 4. The molecule has 0 radical (unpaired) electrons. The van der Waals surface area contributed by atoms with Crippen molar-refractivity contribution in [1.29, 1.82) is 0 Å². The molecule has 2 heterocycles. The molecule has 1 amide bonds. The average Bonchev–Trinajstić information content (AvgIpc) is 2.91. The Morgan fingerprint density at radius 2 is 1.87 bits per heavy atom. The maximum Gasteiger partial charge on any atom is 0.255 e. The van der Waals surface area contributed by atoms with Crippen molar-refractivity contribution < 1.29 is 4.79 Å². The highest BCUT2D eigenvalue weighted by Gasteiger charge is 2.19. The highest BCUT2D eigenvalue weighted by atomic mass is 16.2. The Hall–Kier alpha value is -2.62. The fourth-order valence-corrected chi connectivity index (χ4v) is 2.68. The maximum absolute atomic E-state index is 12.9. The van der Waals surface area contributed by atoms with E-state index in [1.807, 2.05) is 84.9 Å². The van der Waals surface area contributed by atoms with Crippen molar-refractivity contribution >= 4 is 11.6 Å². The zero-order chi connectivity index (χ0) is 16.4. The van der Waals surface area contributed by atoms with Gasteiger partial charge in [0.05, 0.1) is 11.3 Å². The first-order valence-corrected chi connectivity index (χ1v) is 7.85. The lowest BCUT2D eigenvalue weighted by Crippen LogP contribution is -2.36. The molecule has 3 aromatic rings. The molecule has 0 aliphatic rings. The number of pyridine rings is 1. The van der Waals surface area contributed by atoms with E-state index in [1.165, 1.54) is 0 Å². The summed E-state index contributed by atoms with van der Waals surface area (Å²) in [7, 11) is 0. The van der Waals surface area contributed by atoms with Gasteiger partial charge in [-0.2, -0.15) is 0 Å². The van der Waals surface area contributed by atoms with Crippen molar-refractivity contribution in [3.05, 3.63) is 71.7 Å². The van der Waals surface area contributed by atoms with E-state index in [2.05, 4.69) is 4.98 Å². The van der Waals surface area contributed by atoms with E-state index in [-0.39, 0.29) is 11.9 Å². The van der Waals surface area contributed by atoms with Crippen LogP contribution in [0.5, 0.6) is 0 Å². The summed E-state index contributed by atoms with van der Waals surface area (Å²) in [6.07, 6.45) is 3.79. The number of carbonyl (C=O) groups is 1. The summed E-state index contributed by atoms with van der Waals surface area (Å²) >= 11 is 0. The predicted octanol–water partition coefficient (Wildman–Crippen LogP) is 3.69. The Morgan fingerprint density at radius 3 is 2.57 bits per heavy atom. The molecule has 4 nitrogen and oxygen atoms in total. The minimum absolute atomic E-state index is 0.0390.